The predicted molar refractivity (Wildman–Crippen MR) is 45.4 cm³/mol. The monoisotopic (exact) mass is 187 g/mol. The number of nitrogens with two attached hydrogens (primary N) is 1. The van der Waals surface area contributed by atoms with E-state index in [1.165, 1.54) is 13.8 Å². The molecule has 0 heterocycles. The van der Waals surface area contributed by atoms with Gasteiger partial charge >= 0.3 is 0 Å². The highest BCUT2D eigenvalue weighted by atomic mass is 19.1. The summed E-state index contributed by atoms with van der Waals surface area (Å²) in [4.78, 5) is 0. The zero-order chi connectivity index (χ0) is 10.2. The number of phenolic OH excluding ortho intramolecular Hbond substituents is 1. The molecule has 0 saturated heterocycles. The van der Waals surface area contributed by atoms with Crippen molar-refractivity contribution in [2.45, 2.75) is 19.9 Å². The molecular weight excluding hydrogens is 176 g/mol. The summed E-state index contributed by atoms with van der Waals surface area (Å²) in [6.07, 6.45) is 0. The van der Waals surface area contributed by atoms with E-state index >= 15 is 0 Å². The zero-order valence-corrected chi connectivity index (χ0v) is 7.44. The van der Waals surface area contributed by atoms with Crippen molar-refractivity contribution in [3.63, 3.8) is 0 Å². The van der Waals surface area contributed by atoms with Gasteiger partial charge in [-0.25, -0.2) is 8.78 Å². The minimum Gasteiger partial charge on any atom is -0.505 e. The van der Waals surface area contributed by atoms with Crippen LogP contribution in [0.4, 0.5) is 8.78 Å². The molecule has 1 rings (SSSR count). The molecule has 0 amide bonds. The van der Waals surface area contributed by atoms with Gasteiger partial charge in [0.15, 0.2) is 11.6 Å². The summed E-state index contributed by atoms with van der Waals surface area (Å²) in [7, 11) is 0. The molecule has 0 spiro atoms. The average molecular weight is 187 g/mol. The van der Waals surface area contributed by atoms with Crippen molar-refractivity contribution in [1.82, 2.24) is 0 Å². The SMILES string of the molecule is Cc1c(F)cc(O)c(F)c1C(C)N. The summed E-state index contributed by atoms with van der Waals surface area (Å²) >= 11 is 0. The number of halogens is 2. The summed E-state index contributed by atoms with van der Waals surface area (Å²) in [6.45, 7) is 2.96. The first-order valence-electron chi connectivity index (χ1n) is 3.88. The van der Waals surface area contributed by atoms with Crippen LogP contribution in [0.3, 0.4) is 0 Å². The molecule has 0 bridgehead atoms. The standard InChI is InChI=1S/C9H11F2NO/c1-4-6(10)3-7(13)9(11)8(4)5(2)12/h3,5,13H,12H2,1-2H3. The summed E-state index contributed by atoms with van der Waals surface area (Å²) in [5.74, 6) is -2.18. The lowest BCUT2D eigenvalue weighted by atomic mass is 10.0. The van der Waals surface area contributed by atoms with Crippen molar-refractivity contribution in [1.29, 1.82) is 0 Å². The van der Waals surface area contributed by atoms with E-state index in [4.69, 9.17) is 10.8 Å². The van der Waals surface area contributed by atoms with Gasteiger partial charge in [-0.05, 0) is 19.4 Å². The highest BCUT2D eigenvalue weighted by Gasteiger charge is 2.17. The van der Waals surface area contributed by atoms with Gasteiger partial charge in [0.05, 0.1) is 0 Å². The molecule has 3 N–H and O–H groups in total. The van der Waals surface area contributed by atoms with Crippen LogP contribution in [0.5, 0.6) is 5.75 Å². The van der Waals surface area contributed by atoms with E-state index in [0.29, 0.717) is 0 Å². The normalized spacial score (nSPS) is 13.0. The summed E-state index contributed by atoms with van der Waals surface area (Å²) in [6, 6.07) is 0.109. The topological polar surface area (TPSA) is 46.2 Å². The van der Waals surface area contributed by atoms with Crippen LogP contribution < -0.4 is 5.73 Å². The van der Waals surface area contributed by atoms with Crippen LogP contribution in [0.15, 0.2) is 6.07 Å². The lowest BCUT2D eigenvalue weighted by Gasteiger charge is -2.12. The van der Waals surface area contributed by atoms with Gasteiger partial charge in [0.1, 0.15) is 5.82 Å². The Hall–Kier alpha value is -1.16. The maximum absolute atomic E-state index is 13.2. The maximum atomic E-state index is 13.2. The van der Waals surface area contributed by atoms with Gasteiger partial charge in [-0.3, -0.25) is 0 Å². The summed E-state index contributed by atoms with van der Waals surface area (Å²) < 4.78 is 26.2. The average Bonchev–Trinajstić information content (AvgIpc) is 2.01. The Bertz CT molecular complexity index is 311. The molecule has 1 aromatic rings. The lowest BCUT2D eigenvalue weighted by molar-refractivity contribution is 0.418. The predicted octanol–water partition coefficient (Wildman–Crippen LogP) is 2.00. The molecule has 0 aliphatic rings. The van der Waals surface area contributed by atoms with Crippen molar-refractivity contribution in [2.24, 2.45) is 5.73 Å². The van der Waals surface area contributed by atoms with E-state index in [1.54, 1.807) is 0 Å². The van der Waals surface area contributed by atoms with Crippen LogP contribution in [0.25, 0.3) is 0 Å². The van der Waals surface area contributed by atoms with Crippen LogP contribution in [0.2, 0.25) is 0 Å². The van der Waals surface area contributed by atoms with E-state index < -0.39 is 23.4 Å². The van der Waals surface area contributed by atoms with Gasteiger partial charge < -0.3 is 10.8 Å². The van der Waals surface area contributed by atoms with E-state index in [0.717, 1.165) is 6.07 Å². The Morgan fingerprint density at radius 1 is 1.46 bits per heavy atom. The fourth-order valence-corrected chi connectivity index (χ4v) is 1.26. The van der Waals surface area contributed by atoms with Gasteiger partial charge in [-0.2, -0.15) is 0 Å². The Kier molecular flexibility index (Phi) is 2.52. The fraction of sp³-hybridized carbons (Fsp3) is 0.333. The Morgan fingerprint density at radius 3 is 2.46 bits per heavy atom. The largest absolute Gasteiger partial charge is 0.505 e. The van der Waals surface area contributed by atoms with Crippen LogP contribution in [-0.4, -0.2) is 5.11 Å². The third-order valence-electron chi connectivity index (χ3n) is 1.94. The quantitative estimate of drug-likeness (QED) is 0.706. The molecule has 72 valence electrons. The van der Waals surface area contributed by atoms with Crippen LogP contribution >= 0.6 is 0 Å². The molecule has 0 aliphatic heterocycles. The zero-order valence-electron chi connectivity index (χ0n) is 7.44. The molecule has 0 fully saturated rings. The second-order valence-electron chi connectivity index (χ2n) is 3.02. The van der Waals surface area contributed by atoms with Gasteiger partial charge in [-0.1, -0.05) is 0 Å². The Labute approximate surface area is 75.0 Å². The third kappa shape index (κ3) is 1.62. The van der Waals surface area contributed by atoms with Gasteiger partial charge in [-0.15, -0.1) is 0 Å². The van der Waals surface area contributed by atoms with E-state index in [2.05, 4.69) is 0 Å². The molecule has 1 atom stereocenters. The van der Waals surface area contributed by atoms with Gasteiger partial charge in [0.2, 0.25) is 0 Å². The lowest BCUT2D eigenvalue weighted by Crippen LogP contribution is -2.10. The minimum absolute atomic E-state index is 0.0255. The smallest absolute Gasteiger partial charge is 0.170 e. The summed E-state index contributed by atoms with van der Waals surface area (Å²) in [5, 5.41) is 8.98. The van der Waals surface area contributed by atoms with E-state index in [1.807, 2.05) is 0 Å². The Balaban J connectivity index is 3.46. The molecule has 0 saturated carbocycles. The molecule has 0 aliphatic carbocycles. The van der Waals surface area contributed by atoms with E-state index in [-0.39, 0.29) is 11.1 Å². The molecule has 4 heteroatoms. The van der Waals surface area contributed by atoms with Crippen molar-refractivity contribution in [3.05, 3.63) is 28.8 Å². The number of hydrogen-bond acceptors (Lipinski definition) is 2. The van der Waals surface area contributed by atoms with Crippen molar-refractivity contribution < 1.29 is 13.9 Å². The molecular formula is C9H11F2NO. The Morgan fingerprint density at radius 2 is 2.00 bits per heavy atom. The van der Waals surface area contributed by atoms with Crippen molar-refractivity contribution >= 4 is 0 Å². The molecule has 0 radical (unpaired) electrons. The molecule has 0 aromatic heterocycles. The highest BCUT2D eigenvalue weighted by molar-refractivity contribution is 5.38. The van der Waals surface area contributed by atoms with Crippen LogP contribution in [0.1, 0.15) is 24.1 Å². The fourth-order valence-electron chi connectivity index (χ4n) is 1.26. The second kappa shape index (κ2) is 3.30. The number of benzene rings is 1. The van der Waals surface area contributed by atoms with Gasteiger partial charge in [0, 0.05) is 17.7 Å². The molecule has 13 heavy (non-hydrogen) atoms. The van der Waals surface area contributed by atoms with Crippen molar-refractivity contribution in [3.8, 4) is 5.75 Å². The number of phenols is 1. The van der Waals surface area contributed by atoms with Gasteiger partial charge in [0.25, 0.3) is 0 Å². The maximum Gasteiger partial charge on any atom is 0.170 e. The minimum atomic E-state index is -0.839. The highest BCUT2D eigenvalue weighted by Crippen LogP contribution is 2.28. The first-order valence-corrected chi connectivity index (χ1v) is 3.88. The third-order valence-corrected chi connectivity index (χ3v) is 1.94. The first kappa shape index (κ1) is 9.92. The first-order chi connectivity index (χ1) is 5.95. The summed E-state index contributed by atoms with van der Waals surface area (Å²) in [5.41, 5.74) is 5.60. The molecule has 2 nitrogen and oxygen atoms in total. The van der Waals surface area contributed by atoms with E-state index in [9.17, 15) is 8.78 Å². The number of aromatic hydroxyl groups is 1. The van der Waals surface area contributed by atoms with Crippen LogP contribution in [0, 0.1) is 18.6 Å². The number of hydrogen-bond donors (Lipinski definition) is 2. The molecule has 1 aromatic carbocycles. The second-order valence-corrected chi connectivity index (χ2v) is 3.02. The number of rotatable bonds is 1. The van der Waals surface area contributed by atoms with Crippen molar-refractivity contribution in [2.75, 3.05) is 0 Å². The molecule has 1 unspecified atom stereocenters. The van der Waals surface area contributed by atoms with Crippen LogP contribution in [-0.2, 0) is 0 Å².